The Labute approximate surface area is 270 Å². The van der Waals surface area contributed by atoms with E-state index < -0.39 is 21.3 Å². The predicted molar refractivity (Wildman–Crippen MR) is 182 cm³/mol. The number of benzene rings is 5. The SMILES string of the molecule is C1=CC[C]([Zr](=[C](CCc2ccccc2)CCc2ccccc2)[CH]2c3ccccc3-c3ccc4ccccc4c32)=C1.Cl.Cl. The average molecular weight is 667 g/mol. The molecule has 0 heterocycles. The van der Waals surface area contributed by atoms with E-state index in [9.17, 15) is 0 Å². The number of hydrogen-bond acceptors (Lipinski definition) is 0. The third-order valence-electron chi connectivity index (χ3n) is 8.72. The fraction of sp³-hybridized carbons (Fsp3) is 0.154. The van der Waals surface area contributed by atoms with E-state index in [1.807, 2.05) is 3.21 Å². The molecule has 0 aromatic heterocycles. The van der Waals surface area contributed by atoms with Crippen LogP contribution in [0.3, 0.4) is 0 Å². The number of allylic oxidation sites excluding steroid dienone is 4. The number of aryl methyl sites for hydroxylation is 2. The van der Waals surface area contributed by atoms with Crippen molar-refractivity contribution in [3.05, 3.63) is 165 Å². The zero-order valence-electron chi connectivity index (χ0n) is 23.7. The molecule has 2 aliphatic carbocycles. The van der Waals surface area contributed by atoms with Crippen LogP contribution in [0.5, 0.6) is 0 Å². The van der Waals surface area contributed by atoms with Gasteiger partial charge < -0.3 is 0 Å². The molecular weight excluding hydrogens is 631 g/mol. The average Bonchev–Trinajstić information content (AvgIpc) is 3.67. The van der Waals surface area contributed by atoms with Crippen molar-refractivity contribution in [2.45, 2.75) is 35.7 Å². The Morgan fingerprint density at radius 2 is 1.24 bits per heavy atom. The van der Waals surface area contributed by atoms with Gasteiger partial charge in [0.05, 0.1) is 0 Å². The summed E-state index contributed by atoms with van der Waals surface area (Å²) in [6, 6.07) is 45.4. The Morgan fingerprint density at radius 1 is 0.619 bits per heavy atom. The van der Waals surface area contributed by atoms with Gasteiger partial charge in [0.25, 0.3) is 0 Å². The summed E-state index contributed by atoms with van der Waals surface area (Å²) in [4.78, 5) is 0. The first-order chi connectivity index (χ1) is 19.9. The van der Waals surface area contributed by atoms with E-state index in [1.165, 1.54) is 45.9 Å². The summed E-state index contributed by atoms with van der Waals surface area (Å²) in [7, 11) is 0. The summed E-state index contributed by atoms with van der Waals surface area (Å²) in [6.45, 7) is 0. The minimum Gasteiger partial charge on any atom is -0.147 e. The Balaban J connectivity index is 0.00000176. The molecule has 5 aromatic carbocycles. The van der Waals surface area contributed by atoms with Gasteiger partial charge in [0.15, 0.2) is 0 Å². The van der Waals surface area contributed by atoms with E-state index in [4.69, 9.17) is 0 Å². The molecular formula is C39H36Cl2Zr. The van der Waals surface area contributed by atoms with Gasteiger partial charge in [0.1, 0.15) is 0 Å². The fourth-order valence-corrected chi connectivity index (χ4v) is 16.2. The summed E-state index contributed by atoms with van der Waals surface area (Å²) in [5, 5.41) is 2.83. The van der Waals surface area contributed by atoms with Crippen molar-refractivity contribution in [1.82, 2.24) is 0 Å². The van der Waals surface area contributed by atoms with Gasteiger partial charge in [-0.05, 0) is 0 Å². The van der Waals surface area contributed by atoms with E-state index in [1.54, 1.807) is 14.4 Å². The molecule has 0 nitrogen and oxygen atoms in total. The zero-order chi connectivity index (χ0) is 26.7. The van der Waals surface area contributed by atoms with E-state index in [-0.39, 0.29) is 24.8 Å². The standard InChI is InChI=1S/C17H11.C17H18.C5H5.2ClH.Zr/c1-3-7-14-12(5-1)9-10-16-15-8-4-2-6-13(15)11-17(14)16;1-4-10-16(11-5-1)14-8-3-9-15-17-12-6-2-7-13-17;1-2-4-5-3-1;;;/h1-11H;1-2,4-7,10-13H,8-9,14-15H2;1-3H,4H2;2*1H;. The Bertz CT molecular complexity index is 1720. The monoisotopic (exact) mass is 664 g/mol. The largest absolute Gasteiger partial charge is 0.147 e. The Hall–Kier alpha value is -2.83. The van der Waals surface area contributed by atoms with Crippen LogP contribution < -0.4 is 0 Å². The maximum Gasteiger partial charge on any atom is -0.147 e. The van der Waals surface area contributed by atoms with E-state index in [2.05, 4.69) is 140 Å². The van der Waals surface area contributed by atoms with Gasteiger partial charge in [-0.2, -0.15) is 0 Å². The molecule has 0 radical (unpaired) electrons. The van der Waals surface area contributed by atoms with Gasteiger partial charge in [-0.1, -0.05) is 0 Å². The fourth-order valence-electron chi connectivity index (χ4n) is 6.83. The topological polar surface area (TPSA) is 0 Å². The van der Waals surface area contributed by atoms with Crippen LogP contribution in [0.2, 0.25) is 0 Å². The molecule has 5 aromatic rings. The van der Waals surface area contributed by atoms with Gasteiger partial charge in [-0.25, -0.2) is 0 Å². The maximum atomic E-state index is 2.51. The van der Waals surface area contributed by atoms with Crippen molar-refractivity contribution in [2.24, 2.45) is 0 Å². The smallest absolute Gasteiger partial charge is 0.147 e. The van der Waals surface area contributed by atoms with Crippen LogP contribution in [0.25, 0.3) is 21.9 Å². The van der Waals surface area contributed by atoms with E-state index in [0.717, 1.165) is 19.3 Å². The van der Waals surface area contributed by atoms with Gasteiger partial charge in [-0.3, -0.25) is 0 Å². The van der Waals surface area contributed by atoms with Gasteiger partial charge >= 0.3 is 247 Å². The van der Waals surface area contributed by atoms with Crippen molar-refractivity contribution in [2.75, 3.05) is 0 Å². The Morgan fingerprint density at radius 3 is 1.90 bits per heavy atom. The molecule has 0 saturated carbocycles. The molecule has 0 N–H and O–H groups in total. The normalized spacial score (nSPS) is 14.4. The second kappa shape index (κ2) is 14.1. The molecule has 0 amide bonds. The zero-order valence-corrected chi connectivity index (χ0v) is 27.8. The van der Waals surface area contributed by atoms with E-state index in [0.29, 0.717) is 3.63 Å². The molecule has 3 heteroatoms. The van der Waals surface area contributed by atoms with Crippen molar-refractivity contribution in [1.29, 1.82) is 0 Å². The summed E-state index contributed by atoms with van der Waals surface area (Å²) in [5.41, 5.74) is 9.03. The molecule has 2 aliphatic rings. The quantitative estimate of drug-likeness (QED) is 0.155. The van der Waals surface area contributed by atoms with Gasteiger partial charge in [0, 0.05) is 0 Å². The molecule has 7 rings (SSSR count). The summed E-state index contributed by atoms with van der Waals surface area (Å²) < 4.78 is 4.16. The number of hydrogen-bond donors (Lipinski definition) is 0. The molecule has 0 spiro atoms. The molecule has 0 saturated heterocycles. The predicted octanol–water partition coefficient (Wildman–Crippen LogP) is 10.7. The van der Waals surface area contributed by atoms with Crippen molar-refractivity contribution < 1.29 is 21.3 Å². The summed E-state index contributed by atoms with van der Waals surface area (Å²) in [6.07, 6.45) is 13.0. The van der Waals surface area contributed by atoms with Crippen molar-refractivity contribution in [3.8, 4) is 11.1 Å². The first-order valence-corrected chi connectivity index (χ1v) is 18.5. The second-order valence-corrected chi connectivity index (χ2v) is 17.9. The summed E-state index contributed by atoms with van der Waals surface area (Å²) >= 11 is -2.42. The van der Waals surface area contributed by atoms with Crippen LogP contribution in [0.15, 0.2) is 143 Å². The second-order valence-electron chi connectivity index (χ2n) is 11.1. The van der Waals surface area contributed by atoms with Crippen LogP contribution in [0, 0.1) is 0 Å². The van der Waals surface area contributed by atoms with Crippen LogP contribution in [-0.2, 0) is 34.1 Å². The molecule has 210 valence electrons. The molecule has 0 fully saturated rings. The molecule has 1 atom stereocenters. The van der Waals surface area contributed by atoms with Crippen molar-refractivity contribution in [3.63, 3.8) is 0 Å². The minimum atomic E-state index is -2.42. The van der Waals surface area contributed by atoms with Crippen LogP contribution in [0.1, 0.15) is 45.1 Å². The van der Waals surface area contributed by atoms with E-state index >= 15 is 0 Å². The summed E-state index contributed by atoms with van der Waals surface area (Å²) in [5.74, 6) is 0. The number of fused-ring (bicyclic) bond motifs is 5. The number of halogens is 2. The third-order valence-corrected chi connectivity index (χ3v) is 17.3. The van der Waals surface area contributed by atoms with Gasteiger partial charge in [-0.15, -0.1) is 24.8 Å². The molecule has 42 heavy (non-hydrogen) atoms. The minimum absolute atomic E-state index is 0. The molecule has 0 bridgehead atoms. The molecule has 1 unspecified atom stereocenters. The van der Waals surface area contributed by atoms with Crippen molar-refractivity contribution >= 4 is 38.8 Å². The molecule has 0 aliphatic heterocycles. The Kier molecular flexibility index (Phi) is 10.3. The van der Waals surface area contributed by atoms with Crippen LogP contribution in [-0.4, -0.2) is 3.21 Å². The first-order valence-electron chi connectivity index (χ1n) is 14.6. The van der Waals surface area contributed by atoms with Crippen LogP contribution >= 0.6 is 24.8 Å². The third kappa shape index (κ3) is 6.12. The van der Waals surface area contributed by atoms with Gasteiger partial charge in [0.2, 0.25) is 0 Å². The van der Waals surface area contributed by atoms with Crippen LogP contribution in [0.4, 0.5) is 0 Å². The first kappa shape index (κ1) is 30.6. The number of rotatable bonds is 8. The maximum absolute atomic E-state index is 2.51.